The highest BCUT2D eigenvalue weighted by Gasteiger charge is 2.11. The second kappa shape index (κ2) is 6.52. The molecule has 2 aromatic heterocycles. The molecule has 5 nitrogen and oxygen atoms in total. The highest BCUT2D eigenvalue weighted by molar-refractivity contribution is 7.14. The first-order chi connectivity index (χ1) is 11.2. The van der Waals surface area contributed by atoms with Crippen LogP contribution in [0.15, 0.2) is 47.2 Å². The van der Waals surface area contributed by atoms with Crippen molar-refractivity contribution in [1.82, 2.24) is 4.98 Å². The molecule has 1 aromatic carbocycles. The van der Waals surface area contributed by atoms with Gasteiger partial charge in [0.1, 0.15) is 11.1 Å². The van der Waals surface area contributed by atoms with Gasteiger partial charge in [-0.3, -0.25) is 10.1 Å². The standard InChI is InChI=1S/C16H9N3O2S2/c17-9-12(7-11-3-1-4-13(8-11)19(20)21)16-18-14(10-23-16)15-5-2-6-22-15/h1-8,10H/b12-7+. The number of nitrogens with zero attached hydrogens (tertiary/aromatic N) is 3. The number of nitro benzene ring substituents is 1. The summed E-state index contributed by atoms with van der Waals surface area (Å²) >= 11 is 2.97. The molecule has 3 aromatic rings. The van der Waals surface area contributed by atoms with Crippen LogP contribution in [0.25, 0.3) is 22.2 Å². The monoisotopic (exact) mass is 339 g/mol. The summed E-state index contributed by atoms with van der Waals surface area (Å²) in [5.41, 5.74) is 1.82. The average Bonchev–Trinajstić information content (AvgIpc) is 3.23. The molecule has 0 saturated carbocycles. The van der Waals surface area contributed by atoms with E-state index >= 15 is 0 Å². The van der Waals surface area contributed by atoms with Crippen LogP contribution in [-0.2, 0) is 0 Å². The summed E-state index contributed by atoms with van der Waals surface area (Å²) in [6.45, 7) is 0. The minimum absolute atomic E-state index is 0.00514. The minimum atomic E-state index is -0.457. The predicted octanol–water partition coefficient (Wildman–Crippen LogP) is 4.84. The number of aromatic nitrogens is 1. The topological polar surface area (TPSA) is 79.8 Å². The Hall–Kier alpha value is -2.82. The molecule has 23 heavy (non-hydrogen) atoms. The fraction of sp³-hybridized carbons (Fsp3) is 0. The molecule has 2 heterocycles. The lowest BCUT2D eigenvalue weighted by Gasteiger charge is -1.96. The molecule has 0 aliphatic rings. The number of hydrogen-bond donors (Lipinski definition) is 0. The second-order valence-electron chi connectivity index (χ2n) is 4.54. The summed E-state index contributed by atoms with van der Waals surface area (Å²) < 4.78 is 0. The zero-order chi connectivity index (χ0) is 16.2. The zero-order valence-electron chi connectivity index (χ0n) is 11.7. The van der Waals surface area contributed by atoms with Crippen LogP contribution in [-0.4, -0.2) is 9.91 Å². The van der Waals surface area contributed by atoms with E-state index in [0.717, 1.165) is 10.6 Å². The summed E-state index contributed by atoms with van der Waals surface area (Å²) in [6.07, 6.45) is 1.62. The first kappa shape index (κ1) is 15.1. The van der Waals surface area contributed by atoms with Crippen LogP contribution >= 0.6 is 22.7 Å². The van der Waals surface area contributed by atoms with Crippen molar-refractivity contribution in [1.29, 1.82) is 5.26 Å². The molecule has 0 bridgehead atoms. The van der Waals surface area contributed by atoms with Gasteiger partial charge in [-0.25, -0.2) is 4.98 Å². The van der Waals surface area contributed by atoms with Crippen molar-refractivity contribution in [2.75, 3.05) is 0 Å². The fourth-order valence-corrected chi connectivity index (χ4v) is 3.52. The van der Waals surface area contributed by atoms with Crippen molar-refractivity contribution < 1.29 is 4.92 Å². The van der Waals surface area contributed by atoms with Gasteiger partial charge in [0.15, 0.2) is 0 Å². The summed E-state index contributed by atoms with van der Waals surface area (Å²) in [6, 6.07) is 12.2. The van der Waals surface area contributed by atoms with Gasteiger partial charge >= 0.3 is 0 Å². The molecular formula is C16H9N3O2S2. The van der Waals surface area contributed by atoms with Crippen LogP contribution in [0.3, 0.4) is 0 Å². The maximum absolute atomic E-state index is 10.8. The largest absolute Gasteiger partial charge is 0.270 e. The molecule has 0 amide bonds. The average molecular weight is 339 g/mol. The predicted molar refractivity (Wildman–Crippen MR) is 92.0 cm³/mol. The molecule has 0 N–H and O–H groups in total. The number of nitro groups is 1. The number of thiophene rings is 1. The van der Waals surface area contributed by atoms with Crippen molar-refractivity contribution in [2.24, 2.45) is 0 Å². The third-order valence-electron chi connectivity index (χ3n) is 3.02. The van der Waals surface area contributed by atoms with E-state index in [0.29, 0.717) is 16.1 Å². The van der Waals surface area contributed by atoms with Crippen molar-refractivity contribution in [3.8, 4) is 16.6 Å². The van der Waals surface area contributed by atoms with Gasteiger partial charge in [-0.2, -0.15) is 5.26 Å². The van der Waals surface area contributed by atoms with Gasteiger partial charge in [-0.05, 0) is 23.1 Å². The van der Waals surface area contributed by atoms with Gasteiger partial charge in [-0.1, -0.05) is 18.2 Å². The molecule has 0 spiro atoms. The molecule has 0 saturated heterocycles. The second-order valence-corrected chi connectivity index (χ2v) is 6.34. The molecule has 0 fully saturated rings. The molecule has 0 atom stereocenters. The molecular weight excluding hydrogens is 330 g/mol. The minimum Gasteiger partial charge on any atom is -0.258 e. The Morgan fingerprint density at radius 1 is 1.30 bits per heavy atom. The van der Waals surface area contributed by atoms with Crippen molar-refractivity contribution in [3.63, 3.8) is 0 Å². The van der Waals surface area contributed by atoms with E-state index in [4.69, 9.17) is 0 Å². The lowest BCUT2D eigenvalue weighted by molar-refractivity contribution is -0.384. The van der Waals surface area contributed by atoms with E-state index in [-0.39, 0.29) is 5.69 Å². The fourth-order valence-electron chi connectivity index (χ4n) is 1.97. The summed E-state index contributed by atoms with van der Waals surface area (Å²) in [7, 11) is 0. The summed E-state index contributed by atoms with van der Waals surface area (Å²) in [4.78, 5) is 15.9. The molecule has 0 aliphatic heterocycles. The van der Waals surface area contributed by atoms with Crippen LogP contribution in [0.4, 0.5) is 5.69 Å². The van der Waals surface area contributed by atoms with Gasteiger partial charge in [0, 0.05) is 17.5 Å². The summed E-state index contributed by atoms with van der Waals surface area (Å²) in [5, 5.41) is 24.7. The Morgan fingerprint density at radius 3 is 2.87 bits per heavy atom. The SMILES string of the molecule is N#C/C(=C\c1cccc([N+](=O)[O-])c1)c1nc(-c2cccs2)cs1. The Kier molecular flexibility index (Phi) is 4.28. The lowest BCUT2D eigenvalue weighted by atomic mass is 10.1. The van der Waals surface area contributed by atoms with Gasteiger partial charge in [-0.15, -0.1) is 22.7 Å². The number of hydrogen-bond acceptors (Lipinski definition) is 6. The molecule has 3 rings (SSSR count). The number of rotatable bonds is 4. The first-order valence-corrected chi connectivity index (χ1v) is 8.29. The zero-order valence-corrected chi connectivity index (χ0v) is 13.3. The van der Waals surface area contributed by atoms with Crippen LogP contribution in [0.5, 0.6) is 0 Å². The Balaban J connectivity index is 1.95. The maximum atomic E-state index is 10.8. The highest BCUT2D eigenvalue weighted by atomic mass is 32.1. The third-order valence-corrected chi connectivity index (χ3v) is 4.79. The molecule has 112 valence electrons. The smallest absolute Gasteiger partial charge is 0.258 e. The van der Waals surface area contributed by atoms with Crippen molar-refractivity contribution in [2.45, 2.75) is 0 Å². The maximum Gasteiger partial charge on any atom is 0.270 e. The Morgan fingerprint density at radius 2 is 2.17 bits per heavy atom. The number of non-ortho nitro benzene ring substituents is 1. The normalized spacial score (nSPS) is 11.2. The van der Waals surface area contributed by atoms with Gasteiger partial charge in [0.25, 0.3) is 5.69 Å². The van der Waals surface area contributed by atoms with Crippen LogP contribution < -0.4 is 0 Å². The first-order valence-electron chi connectivity index (χ1n) is 6.53. The van der Waals surface area contributed by atoms with E-state index in [9.17, 15) is 15.4 Å². The van der Waals surface area contributed by atoms with E-state index < -0.39 is 4.92 Å². The molecule has 0 aliphatic carbocycles. The molecule has 0 unspecified atom stereocenters. The van der Waals surface area contributed by atoms with Crippen molar-refractivity contribution in [3.05, 3.63) is 67.8 Å². The Bertz CT molecular complexity index is 921. The van der Waals surface area contributed by atoms with E-state index in [1.54, 1.807) is 29.5 Å². The van der Waals surface area contributed by atoms with Gasteiger partial charge in [0.05, 0.1) is 21.1 Å². The summed E-state index contributed by atoms with van der Waals surface area (Å²) in [5.74, 6) is 0. The van der Waals surface area contributed by atoms with E-state index in [1.165, 1.54) is 23.5 Å². The van der Waals surface area contributed by atoms with Crippen LogP contribution in [0.1, 0.15) is 10.6 Å². The number of nitriles is 1. The lowest BCUT2D eigenvalue weighted by Crippen LogP contribution is -1.88. The van der Waals surface area contributed by atoms with Crippen LogP contribution in [0, 0.1) is 21.4 Å². The third kappa shape index (κ3) is 3.34. The van der Waals surface area contributed by atoms with Gasteiger partial charge in [0.2, 0.25) is 0 Å². The number of benzene rings is 1. The number of allylic oxidation sites excluding steroid dienone is 1. The van der Waals surface area contributed by atoms with Crippen molar-refractivity contribution >= 4 is 40.0 Å². The Labute approximate surface area is 139 Å². The number of thiazole rings is 1. The quantitative estimate of drug-likeness (QED) is 0.387. The molecule has 0 radical (unpaired) electrons. The van der Waals surface area contributed by atoms with E-state index in [1.807, 2.05) is 22.9 Å². The van der Waals surface area contributed by atoms with Gasteiger partial charge < -0.3 is 0 Å². The van der Waals surface area contributed by atoms with E-state index in [2.05, 4.69) is 11.1 Å². The van der Waals surface area contributed by atoms with Crippen LogP contribution in [0.2, 0.25) is 0 Å². The highest BCUT2D eigenvalue weighted by Crippen LogP contribution is 2.29. The molecule has 7 heteroatoms.